The molecular formula is C81H106F5N15O7. The molecule has 0 spiro atoms. The van der Waals surface area contributed by atoms with Gasteiger partial charge in [0, 0.05) is 151 Å². The topological polar surface area (TPSA) is 221 Å². The number of rotatable bonds is 22. The minimum atomic E-state index is -1.88. The highest BCUT2D eigenvalue weighted by atomic mass is 19.2. The van der Waals surface area contributed by atoms with E-state index in [2.05, 4.69) is 76.3 Å². The molecule has 108 heavy (non-hydrogen) atoms. The Morgan fingerprint density at radius 3 is 0.981 bits per heavy atom. The van der Waals surface area contributed by atoms with Crippen LogP contribution in [0.1, 0.15) is 111 Å². The van der Waals surface area contributed by atoms with Crippen LogP contribution in [-0.4, -0.2) is 241 Å². The summed E-state index contributed by atoms with van der Waals surface area (Å²) in [6.07, 6.45) is 13.9. The minimum Gasteiger partial charge on any atom is -0.491 e. The normalized spacial score (nSPS) is 27.2. The molecule has 3 unspecified atom stereocenters. The van der Waals surface area contributed by atoms with Gasteiger partial charge in [0.25, 0.3) is 17.7 Å². The molecule has 12 saturated heterocycles. The number of anilines is 3. The second-order valence-electron chi connectivity index (χ2n) is 31.5. The lowest BCUT2D eigenvalue weighted by molar-refractivity contribution is -0.139. The molecule has 22 nitrogen and oxygen atoms in total. The fourth-order valence-electron chi connectivity index (χ4n) is 17.3. The van der Waals surface area contributed by atoms with Crippen molar-refractivity contribution in [2.45, 2.75) is 144 Å². The van der Waals surface area contributed by atoms with Crippen LogP contribution in [-0.2, 0) is 19.1 Å². The number of methoxy groups -OCH3 is 1. The van der Waals surface area contributed by atoms with E-state index in [-0.39, 0.29) is 68.4 Å². The highest BCUT2D eigenvalue weighted by Gasteiger charge is 2.52. The first-order valence-electron chi connectivity index (χ1n) is 38.9. The monoisotopic (exact) mass is 1500 g/mol. The third kappa shape index (κ3) is 18.4. The van der Waals surface area contributed by atoms with Gasteiger partial charge >= 0.3 is 0 Å². The van der Waals surface area contributed by atoms with Gasteiger partial charge in [0.2, 0.25) is 17.8 Å². The predicted molar refractivity (Wildman–Crippen MR) is 405 cm³/mol. The van der Waals surface area contributed by atoms with E-state index in [0.717, 1.165) is 150 Å². The second-order valence-corrected chi connectivity index (χ2v) is 31.5. The maximum atomic E-state index is 15.9. The van der Waals surface area contributed by atoms with Crippen molar-refractivity contribution in [3.05, 3.63) is 110 Å². The summed E-state index contributed by atoms with van der Waals surface area (Å²) in [5.74, 6) is 3.43. The molecule has 3 aromatic heterocycles. The van der Waals surface area contributed by atoms with Crippen molar-refractivity contribution in [3.63, 3.8) is 0 Å². The van der Waals surface area contributed by atoms with Gasteiger partial charge in [-0.2, -0.15) is 0 Å². The van der Waals surface area contributed by atoms with E-state index in [1.807, 2.05) is 81.4 Å². The Morgan fingerprint density at radius 2 is 0.685 bits per heavy atom. The number of carbonyl (C=O) groups is 3. The number of aromatic nitrogens is 6. The van der Waals surface area contributed by atoms with Crippen molar-refractivity contribution in [2.24, 2.45) is 17.8 Å². The number of hydrogen-bond acceptors (Lipinski definition) is 19. The van der Waals surface area contributed by atoms with Crippen molar-refractivity contribution in [1.29, 1.82) is 0 Å². The van der Waals surface area contributed by atoms with E-state index in [1.54, 1.807) is 50.0 Å². The number of benzene rings is 3. The number of hydrogen-bond donors (Lipinski definition) is 3. The van der Waals surface area contributed by atoms with Crippen molar-refractivity contribution < 1.29 is 55.3 Å². The lowest BCUT2D eigenvalue weighted by Gasteiger charge is -2.52. The molecule has 18 rings (SSSR count). The number of amides is 3. The highest BCUT2D eigenvalue weighted by Crippen LogP contribution is 2.42. The average molecular weight is 1500 g/mol. The van der Waals surface area contributed by atoms with E-state index in [0.29, 0.717) is 99.6 Å². The smallest absolute Gasteiger partial charge is 0.258 e. The SMILES string of the molecule is CC1(NC(=O)C2(F)CCN(c3nccc(-c4ccc(OCCF)cc4)n3)CC2)CCN2CCC1CC2.CC1(NC(=O)C2(F)CCN(c3nccc(-c4ccc(OCCF)cc4)n3)CC2)CN2CCC1CC2.COCCOc1ccc(-c2ccnc(N3CCC(F)(C(=O)NC4(C)CCN5CCC4CC5)CC3)n2)cc1. The molecule has 3 aromatic carbocycles. The molecule has 6 aromatic rings. The molecular weight excluding hydrogens is 1390 g/mol. The Balaban J connectivity index is 0.000000143. The number of ether oxygens (including phenoxy) is 4. The number of carbonyl (C=O) groups excluding carboxylic acids is 3. The Kier molecular flexibility index (Phi) is 24.7. The van der Waals surface area contributed by atoms with Gasteiger partial charge in [0.15, 0.2) is 17.0 Å². The van der Waals surface area contributed by atoms with Crippen LogP contribution in [0.15, 0.2) is 110 Å². The quantitative estimate of drug-likeness (QED) is 0.0425. The molecule has 12 fully saturated rings. The summed E-state index contributed by atoms with van der Waals surface area (Å²) >= 11 is 0. The Labute approximate surface area is 631 Å². The van der Waals surface area contributed by atoms with Gasteiger partial charge in [-0.15, -0.1) is 0 Å². The summed E-state index contributed by atoms with van der Waals surface area (Å²) in [4.78, 5) is 79.9. The van der Waals surface area contributed by atoms with Crippen LogP contribution in [0.4, 0.5) is 39.8 Å². The third-order valence-electron chi connectivity index (χ3n) is 24.5. The zero-order valence-corrected chi connectivity index (χ0v) is 63.0. The molecule has 15 heterocycles. The summed E-state index contributed by atoms with van der Waals surface area (Å²) in [6, 6.07) is 27.8. The molecule has 0 saturated carbocycles. The number of nitrogens with zero attached hydrogens (tertiary/aromatic N) is 12. The number of halogens is 5. The molecule has 0 radical (unpaired) electrons. The molecule has 3 amide bonds. The molecule has 3 N–H and O–H groups in total. The summed E-state index contributed by atoms with van der Waals surface area (Å²) in [6.45, 7) is 17.7. The van der Waals surface area contributed by atoms with Crippen molar-refractivity contribution >= 4 is 35.6 Å². The van der Waals surface area contributed by atoms with E-state index < -0.39 is 48.1 Å². The highest BCUT2D eigenvalue weighted by molar-refractivity contribution is 5.87. The van der Waals surface area contributed by atoms with Crippen molar-refractivity contribution in [1.82, 2.24) is 60.6 Å². The van der Waals surface area contributed by atoms with E-state index >= 15 is 13.2 Å². The zero-order chi connectivity index (χ0) is 75.5. The summed E-state index contributed by atoms with van der Waals surface area (Å²) in [5.41, 5.74) is -1.69. The number of nitrogens with one attached hydrogen (secondary N) is 3. The maximum Gasteiger partial charge on any atom is 0.258 e. The zero-order valence-electron chi connectivity index (χ0n) is 63.0. The Morgan fingerprint density at radius 1 is 0.389 bits per heavy atom. The predicted octanol–water partition coefficient (Wildman–Crippen LogP) is 10.7. The summed E-state index contributed by atoms with van der Waals surface area (Å²) < 4.78 is 93.4. The summed E-state index contributed by atoms with van der Waals surface area (Å²) in [5, 5.41) is 9.43. The van der Waals surface area contributed by atoms with Crippen LogP contribution in [0.5, 0.6) is 17.2 Å². The van der Waals surface area contributed by atoms with Crippen LogP contribution < -0.4 is 44.9 Å². The number of fused-ring (bicyclic) bond motifs is 11. The van der Waals surface area contributed by atoms with Gasteiger partial charge in [-0.1, -0.05) is 0 Å². The lowest BCUT2D eigenvalue weighted by Crippen LogP contribution is -2.68. The van der Waals surface area contributed by atoms with Gasteiger partial charge < -0.3 is 64.3 Å². The first-order valence-corrected chi connectivity index (χ1v) is 38.9. The van der Waals surface area contributed by atoms with Crippen LogP contribution >= 0.6 is 0 Å². The molecule has 27 heteroatoms. The lowest BCUT2D eigenvalue weighted by atomic mass is 9.73. The van der Waals surface area contributed by atoms with Crippen LogP contribution in [0.25, 0.3) is 33.8 Å². The molecule has 6 bridgehead atoms. The minimum absolute atomic E-state index is 0.0261. The van der Waals surface area contributed by atoms with Crippen LogP contribution in [0.3, 0.4) is 0 Å². The van der Waals surface area contributed by atoms with Crippen LogP contribution in [0.2, 0.25) is 0 Å². The molecule has 12 aliphatic rings. The average Bonchev–Trinajstić information content (AvgIpc) is 0.886. The Bertz CT molecular complexity index is 3960. The van der Waals surface area contributed by atoms with Crippen molar-refractivity contribution in [3.8, 4) is 51.0 Å². The largest absolute Gasteiger partial charge is 0.491 e. The summed E-state index contributed by atoms with van der Waals surface area (Å²) in [7, 11) is 1.64. The number of piperidine rings is 8. The number of alkyl halides is 5. The van der Waals surface area contributed by atoms with Crippen LogP contribution in [0, 0.1) is 17.8 Å². The Hall–Kier alpha value is -8.40. The van der Waals surface area contributed by atoms with Gasteiger partial charge in [0.05, 0.1) is 29.2 Å². The van der Waals surface area contributed by atoms with Gasteiger partial charge in [-0.25, -0.2) is 51.9 Å². The van der Waals surface area contributed by atoms with E-state index in [4.69, 9.17) is 23.9 Å². The first kappa shape index (κ1) is 77.7. The van der Waals surface area contributed by atoms with E-state index in [1.165, 1.54) is 0 Å². The fraction of sp³-hybridized carbons (Fsp3) is 0.593. The molecule has 0 aliphatic carbocycles. The van der Waals surface area contributed by atoms with Gasteiger partial charge in [0.1, 0.15) is 50.4 Å². The van der Waals surface area contributed by atoms with E-state index in [9.17, 15) is 23.2 Å². The molecule has 3 atom stereocenters. The maximum absolute atomic E-state index is 15.9. The second kappa shape index (κ2) is 34.2. The fourth-order valence-corrected chi connectivity index (χ4v) is 17.3. The molecule has 12 aliphatic heterocycles. The standard InChI is InChI=1S/C28H38FN5O3.C27H35F2N5O2.C26H33F2N5O2/c1-27(10-16-33-14-8-22(27)9-15-33)32-25(35)28(29)11-17-34(18-12-28)26-30-13-7-24(31-26)21-3-5-23(6-4-21)37-20-19-36-2;1-26(9-16-33-14-7-21(26)8-15-33)32-24(35)27(29)10-17-34(18-11-27)25-30-13-6-23(31-25)20-2-4-22(5-3-20)36-19-12-28;1-25(18-32-13-7-20(25)8-14-32)31-23(34)26(28)9-15-33(16-10-26)24-29-12-6-22(30-24)19-2-4-21(5-3-19)35-17-11-27/h3-7,13,22H,8-12,14-20H2,1-2H3,(H,32,35);2-6,13,21H,7-12,14-19H2,1H3,(H,32,35);2-6,12,20H,7-11,13-18H2,1H3,(H,31,34). The third-order valence-corrected chi connectivity index (χ3v) is 24.5. The van der Waals surface area contributed by atoms with Gasteiger partial charge in [-0.05, 0) is 220 Å². The molecule has 582 valence electrons. The van der Waals surface area contributed by atoms with Crippen molar-refractivity contribution in [2.75, 3.05) is 160 Å². The first-order chi connectivity index (χ1) is 52.1. The van der Waals surface area contributed by atoms with Gasteiger partial charge in [-0.3, -0.25) is 14.4 Å².